The van der Waals surface area contributed by atoms with E-state index in [4.69, 9.17) is 0 Å². The molecule has 9 heteroatoms. The van der Waals surface area contributed by atoms with Crippen molar-refractivity contribution in [2.45, 2.75) is 6.92 Å². The van der Waals surface area contributed by atoms with E-state index in [1.165, 1.54) is 15.6 Å². The molecule has 2 aliphatic rings. The molecule has 3 rings (SSSR count). The number of carbonyl (C=O) groups is 1. The van der Waals surface area contributed by atoms with Gasteiger partial charge >= 0.3 is 0 Å². The Balaban J connectivity index is 1.59. The summed E-state index contributed by atoms with van der Waals surface area (Å²) in [6.45, 7) is 6.19. The van der Waals surface area contributed by atoms with Crippen LogP contribution in [0, 0.1) is 6.92 Å². The zero-order chi connectivity index (χ0) is 17.3. The van der Waals surface area contributed by atoms with Gasteiger partial charge in [0.25, 0.3) is 16.1 Å². The molecule has 0 aromatic carbocycles. The van der Waals surface area contributed by atoms with E-state index in [0.717, 1.165) is 22.8 Å². The molecule has 0 spiro atoms. The SMILES string of the molecule is Cc1ccc(C(=O)N2CCN(S(=O)(=O)N3CCN(C)CC3)CC2)s1. The minimum absolute atomic E-state index is 0.00439. The molecule has 7 nitrogen and oxygen atoms in total. The van der Waals surface area contributed by atoms with E-state index in [0.29, 0.717) is 39.3 Å². The minimum atomic E-state index is -3.41. The van der Waals surface area contributed by atoms with Gasteiger partial charge in [-0.1, -0.05) is 0 Å². The van der Waals surface area contributed by atoms with Crippen LogP contribution in [-0.2, 0) is 10.2 Å². The number of rotatable bonds is 3. The van der Waals surface area contributed by atoms with Crippen molar-refractivity contribution in [1.82, 2.24) is 18.4 Å². The van der Waals surface area contributed by atoms with Crippen LogP contribution in [0.1, 0.15) is 14.5 Å². The third kappa shape index (κ3) is 3.65. The Hall–Kier alpha value is -1.00. The number of piperazine rings is 2. The van der Waals surface area contributed by atoms with Gasteiger partial charge in [-0.25, -0.2) is 0 Å². The summed E-state index contributed by atoms with van der Waals surface area (Å²) in [5, 5.41) is 0. The highest BCUT2D eigenvalue weighted by Gasteiger charge is 2.34. The Morgan fingerprint density at radius 2 is 1.50 bits per heavy atom. The highest BCUT2D eigenvalue weighted by atomic mass is 32.2. The molecule has 0 N–H and O–H groups in total. The van der Waals surface area contributed by atoms with Crippen LogP contribution in [0.25, 0.3) is 0 Å². The molecule has 2 aliphatic heterocycles. The predicted molar refractivity (Wildman–Crippen MR) is 94.5 cm³/mol. The second-order valence-electron chi connectivity index (χ2n) is 6.31. The fourth-order valence-corrected chi connectivity index (χ4v) is 5.42. The van der Waals surface area contributed by atoms with Gasteiger partial charge < -0.3 is 9.80 Å². The first-order chi connectivity index (χ1) is 11.4. The first-order valence-corrected chi connectivity index (χ1v) is 10.4. The first-order valence-electron chi connectivity index (χ1n) is 8.17. The molecule has 0 radical (unpaired) electrons. The highest BCUT2D eigenvalue weighted by molar-refractivity contribution is 7.86. The van der Waals surface area contributed by atoms with Gasteiger partial charge in [0.1, 0.15) is 0 Å². The third-order valence-corrected chi connectivity index (χ3v) is 7.62. The number of amides is 1. The van der Waals surface area contributed by atoms with E-state index in [1.807, 2.05) is 26.1 Å². The van der Waals surface area contributed by atoms with Crippen molar-refractivity contribution in [2.24, 2.45) is 0 Å². The number of hydrogen-bond donors (Lipinski definition) is 0. The third-order valence-electron chi connectivity index (χ3n) is 4.59. The summed E-state index contributed by atoms with van der Waals surface area (Å²) in [5.74, 6) is 0.00439. The molecule has 0 saturated carbocycles. The Kier molecular flexibility index (Phi) is 5.26. The Morgan fingerprint density at radius 1 is 0.958 bits per heavy atom. The number of hydrogen-bond acceptors (Lipinski definition) is 5. The van der Waals surface area contributed by atoms with Gasteiger partial charge in [0.05, 0.1) is 4.88 Å². The molecule has 0 aliphatic carbocycles. The van der Waals surface area contributed by atoms with E-state index in [2.05, 4.69) is 4.90 Å². The smallest absolute Gasteiger partial charge is 0.282 e. The highest BCUT2D eigenvalue weighted by Crippen LogP contribution is 2.20. The summed E-state index contributed by atoms with van der Waals surface area (Å²) < 4.78 is 28.5. The molecule has 2 saturated heterocycles. The van der Waals surface area contributed by atoms with Crippen molar-refractivity contribution >= 4 is 27.5 Å². The fourth-order valence-electron chi connectivity index (χ4n) is 3.01. The number of likely N-dealkylation sites (N-methyl/N-ethyl adjacent to an activating group) is 1. The standard InChI is InChI=1S/C15H24N4O3S2/c1-13-3-4-14(23-13)15(20)17-7-11-19(12-8-17)24(21,22)18-9-5-16(2)6-10-18/h3-4H,5-12H2,1-2H3. The first kappa shape index (κ1) is 17.8. The van der Waals surface area contributed by atoms with Gasteiger partial charge in [0.2, 0.25) is 0 Å². The minimum Gasteiger partial charge on any atom is -0.335 e. The monoisotopic (exact) mass is 372 g/mol. The van der Waals surface area contributed by atoms with Gasteiger partial charge in [0, 0.05) is 57.2 Å². The van der Waals surface area contributed by atoms with Gasteiger partial charge in [-0.2, -0.15) is 17.0 Å². The predicted octanol–water partition coefficient (Wildman–Crippen LogP) is 0.307. The van der Waals surface area contributed by atoms with Gasteiger partial charge in [-0.05, 0) is 26.1 Å². The van der Waals surface area contributed by atoms with E-state index >= 15 is 0 Å². The van der Waals surface area contributed by atoms with Crippen LogP contribution in [0.4, 0.5) is 0 Å². The maximum absolute atomic E-state index is 12.7. The Morgan fingerprint density at radius 3 is 2.00 bits per heavy atom. The van der Waals surface area contributed by atoms with Crippen LogP contribution < -0.4 is 0 Å². The van der Waals surface area contributed by atoms with Crippen molar-refractivity contribution in [2.75, 3.05) is 59.4 Å². The summed E-state index contributed by atoms with van der Waals surface area (Å²) in [6.07, 6.45) is 0. The molecule has 1 aromatic rings. The van der Waals surface area contributed by atoms with Gasteiger partial charge in [-0.15, -0.1) is 11.3 Å². The van der Waals surface area contributed by atoms with Crippen molar-refractivity contribution in [3.63, 3.8) is 0 Å². The molecule has 134 valence electrons. The van der Waals surface area contributed by atoms with Crippen molar-refractivity contribution in [1.29, 1.82) is 0 Å². The van der Waals surface area contributed by atoms with E-state index < -0.39 is 10.2 Å². The quantitative estimate of drug-likeness (QED) is 0.766. The summed E-state index contributed by atoms with van der Waals surface area (Å²) in [7, 11) is -1.41. The maximum Gasteiger partial charge on any atom is 0.282 e. The molecule has 1 amide bonds. The van der Waals surface area contributed by atoms with Crippen molar-refractivity contribution < 1.29 is 13.2 Å². The lowest BCUT2D eigenvalue weighted by atomic mass is 10.3. The number of nitrogens with zero attached hydrogens (tertiary/aromatic N) is 4. The lowest BCUT2D eigenvalue weighted by Crippen LogP contribution is -2.57. The number of aryl methyl sites for hydroxylation is 1. The summed E-state index contributed by atoms with van der Waals surface area (Å²) in [4.78, 5) is 18.2. The molecule has 2 fully saturated rings. The van der Waals surface area contributed by atoms with Gasteiger partial charge in [-0.3, -0.25) is 4.79 Å². The second-order valence-corrected chi connectivity index (χ2v) is 9.53. The van der Waals surface area contributed by atoms with Crippen LogP contribution >= 0.6 is 11.3 Å². The molecule has 24 heavy (non-hydrogen) atoms. The molecule has 1 aromatic heterocycles. The van der Waals surface area contributed by atoms with Crippen LogP contribution in [0.15, 0.2) is 12.1 Å². The average molecular weight is 373 g/mol. The van der Waals surface area contributed by atoms with Crippen LogP contribution in [0.5, 0.6) is 0 Å². The largest absolute Gasteiger partial charge is 0.335 e. The zero-order valence-electron chi connectivity index (χ0n) is 14.1. The molecule has 3 heterocycles. The van der Waals surface area contributed by atoms with Crippen molar-refractivity contribution in [3.8, 4) is 0 Å². The van der Waals surface area contributed by atoms with E-state index in [9.17, 15) is 13.2 Å². The average Bonchev–Trinajstić information content (AvgIpc) is 3.01. The van der Waals surface area contributed by atoms with Gasteiger partial charge in [0.15, 0.2) is 0 Å². The normalized spacial score (nSPS) is 22.0. The van der Waals surface area contributed by atoms with E-state index in [-0.39, 0.29) is 5.91 Å². The molecule has 0 unspecified atom stereocenters. The second kappa shape index (κ2) is 7.09. The molecular formula is C15H24N4O3S2. The Bertz CT molecular complexity index is 687. The molecule has 0 atom stereocenters. The van der Waals surface area contributed by atoms with Crippen LogP contribution in [0.2, 0.25) is 0 Å². The maximum atomic E-state index is 12.7. The lowest BCUT2D eigenvalue weighted by Gasteiger charge is -2.39. The summed E-state index contributed by atoms with van der Waals surface area (Å²) >= 11 is 1.48. The van der Waals surface area contributed by atoms with E-state index in [1.54, 1.807) is 9.21 Å². The zero-order valence-corrected chi connectivity index (χ0v) is 15.8. The number of carbonyl (C=O) groups excluding carboxylic acids is 1. The van der Waals surface area contributed by atoms with Crippen LogP contribution in [0.3, 0.4) is 0 Å². The molecular weight excluding hydrogens is 348 g/mol. The summed E-state index contributed by atoms with van der Waals surface area (Å²) in [5.41, 5.74) is 0. The Labute approximate surface area is 147 Å². The van der Waals surface area contributed by atoms with Crippen molar-refractivity contribution in [3.05, 3.63) is 21.9 Å². The lowest BCUT2D eigenvalue weighted by molar-refractivity contribution is 0.0697. The topological polar surface area (TPSA) is 64.2 Å². The summed E-state index contributed by atoms with van der Waals surface area (Å²) in [6, 6.07) is 3.78. The fraction of sp³-hybridized carbons (Fsp3) is 0.667. The molecule has 0 bridgehead atoms. The van der Waals surface area contributed by atoms with Crippen LogP contribution in [-0.4, -0.2) is 92.1 Å². The number of thiophene rings is 1.